The number of halogens is 1. The Balaban J connectivity index is 0.00000256. The normalized spacial score (nSPS) is 16.0. The number of amides is 1. The van der Waals surface area contributed by atoms with Crippen LogP contribution in [0.15, 0.2) is 67.0 Å². The van der Waals surface area contributed by atoms with Crippen LogP contribution in [0.5, 0.6) is 5.75 Å². The van der Waals surface area contributed by atoms with Crippen molar-refractivity contribution in [2.45, 2.75) is 12.5 Å². The highest BCUT2D eigenvalue weighted by Gasteiger charge is 2.30. The number of nitrogens with one attached hydrogen (secondary N) is 1. The molecule has 6 nitrogen and oxygen atoms in total. The Hall–Kier alpha value is -2.83. The summed E-state index contributed by atoms with van der Waals surface area (Å²) in [5.41, 5.74) is 2.14. The summed E-state index contributed by atoms with van der Waals surface area (Å²) in [6.45, 7) is 2.54. The Morgan fingerprint density at radius 3 is 2.70 bits per heavy atom. The highest BCUT2D eigenvalue weighted by Crippen LogP contribution is 2.29. The number of nitrogens with zero attached hydrogens (tertiary/aromatic N) is 3. The van der Waals surface area contributed by atoms with Crippen molar-refractivity contribution in [1.82, 2.24) is 19.8 Å². The van der Waals surface area contributed by atoms with E-state index in [0.717, 1.165) is 29.2 Å². The third-order valence-electron chi connectivity index (χ3n) is 5.27. The van der Waals surface area contributed by atoms with Gasteiger partial charge in [0.15, 0.2) is 0 Å². The van der Waals surface area contributed by atoms with Crippen molar-refractivity contribution < 1.29 is 9.53 Å². The summed E-state index contributed by atoms with van der Waals surface area (Å²) >= 11 is 0. The standard InChI is InChI=1S/C23H26N4O2.ClH/c1-26-14-13-25-23(26)20-17-24-12-15-27(20)22(28)11-16-29-21-10-6-5-9-19(21)18-7-3-2-4-8-18;/h2-10,13-14,20,24H,11-12,15-17H2,1H3;1H. The van der Waals surface area contributed by atoms with E-state index in [-0.39, 0.29) is 24.4 Å². The lowest BCUT2D eigenvalue weighted by atomic mass is 10.1. The number of ether oxygens (including phenoxy) is 1. The molecular weight excluding hydrogens is 400 g/mol. The molecular formula is C23H27ClN4O2. The van der Waals surface area contributed by atoms with Crippen molar-refractivity contribution >= 4 is 18.3 Å². The van der Waals surface area contributed by atoms with Crippen molar-refractivity contribution in [2.75, 3.05) is 26.2 Å². The molecule has 1 saturated heterocycles. The van der Waals surface area contributed by atoms with Crippen LogP contribution in [-0.2, 0) is 11.8 Å². The number of hydrogen-bond acceptors (Lipinski definition) is 4. The van der Waals surface area contributed by atoms with E-state index in [1.165, 1.54) is 0 Å². The van der Waals surface area contributed by atoms with Gasteiger partial charge in [-0.2, -0.15) is 0 Å². The summed E-state index contributed by atoms with van der Waals surface area (Å²) in [7, 11) is 1.96. The molecule has 3 aromatic rings. The Morgan fingerprint density at radius 2 is 1.93 bits per heavy atom. The number of carbonyl (C=O) groups is 1. The van der Waals surface area contributed by atoms with Crippen LogP contribution in [0.3, 0.4) is 0 Å². The molecule has 1 aliphatic heterocycles. The zero-order chi connectivity index (χ0) is 20.1. The molecule has 1 N–H and O–H groups in total. The third-order valence-corrected chi connectivity index (χ3v) is 5.27. The van der Waals surface area contributed by atoms with Gasteiger partial charge in [0.2, 0.25) is 5.91 Å². The van der Waals surface area contributed by atoms with Gasteiger partial charge >= 0.3 is 0 Å². The second kappa shape index (κ2) is 10.3. The van der Waals surface area contributed by atoms with Gasteiger partial charge in [0.25, 0.3) is 0 Å². The Morgan fingerprint density at radius 1 is 1.17 bits per heavy atom. The molecule has 1 amide bonds. The van der Waals surface area contributed by atoms with Crippen molar-refractivity contribution in [1.29, 1.82) is 0 Å². The SMILES string of the molecule is Cl.Cn1ccnc1C1CNCCN1C(=O)CCOc1ccccc1-c1ccccc1. The van der Waals surface area contributed by atoms with Gasteiger partial charge < -0.3 is 19.5 Å². The molecule has 1 unspecified atom stereocenters. The first-order valence-corrected chi connectivity index (χ1v) is 9.98. The third kappa shape index (κ3) is 4.83. The van der Waals surface area contributed by atoms with E-state index >= 15 is 0 Å². The summed E-state index contributed by atoms with van der Waals surface area (Å²) in [5, 5.41) is 3.36. The van der Waals surface area contributed by atoms with Crippen LogP contribution < -0.4 is 10.1 Å². The highest BCUT2D eigenvalue weighted by molar-refractivity contribution is 5.85. The number of para-hydroxylation sites is 1. The zero-order valence-corrected chi connectivity index (χ0v) is 17.8. The molecule has 4 rings (SSSR count). The predicted octanol–water partition coefficient (Wildman–Crippen LogP) is 3.45. The van der Waals surface area contributed by atoms with Gasteiger partial charge in [-0.25, -0.2) is 4.98 Å². The largest absolute Gasteiger partial charge is 0.492 e. The fourth-order valence-electron chi connectivity index (χ4n) is 3.77. The minimum atomic E-state index is -0.0483. The monoisotopic (exact) mass is 426 g/mol. The summed E-state index contributed by atoms with van der Waals surface area (Å²) in [4.78, 5) is 19.3. The molecule has 0 aliphatic carbocycles. The van der Waals surface area contributed by atoms with Crippen LogP contribution in [0.1, 0.15) is 18.3 Å². The lowest BCUT2D eigenvalue weighted by molar-refractivity contribution is -0.135. The molecule has 158 valence electrons. The van der Waals surface area contributed by atoms with Gasteiger partial charge in [0.1, 0.15) is 17.6 Å². The van der Waals surface area contributed by atoms with Crippen LogP contribution >= 0.6 is 12.4 Å². The van der Waals surface area contributed by atoms with Gasteiger partial charge in [-0.15, -0.1) is 12.4 Å². The molecule has 1 aromatic heterocycles. The molecule has 0 saturated carbocycles. The molecule has 0 spiro atoms. The molecule has 1 fully saturated rings. The predicted molar refractivity (Wildman–Crippen MR) is 120 cm³/mol. The van der Waals surface area contributed by atoms with E-state index in [1.807, 2.05) is 65.2 Å². The van der Waals surface area contributed by atoms with Gasteiger partial charge in [0.05, 0.1) is 13.0 Å². The Labute approximate surface area is 183 Å². The number of aromatic nitrogens is 2. The number of hydrogen-bond donors (Lipinski definition) is 1. The van der Waals surface area contributed by atoms with E-state index < -0.39 is 0 Å². The molecule has 1 atom stereocenters. The molecule has 2 aromatic carbocycles. The highest BCUT2D eigenvalue weighted by atomic mass is 35.5. The van der Waals surface area contributed by atoms with Gasteiger partial charge in [-0.05, 0) is 11.6 Å². The van der Waals surface area contributed by atoms with Gasteiger partial charge in [-0.1, -0.05) is 48.5 Å². The van der Waals surface area contributed by atoms with Crippen LogP contribution in [0.2, 0.25) is 0 Å². The first-order chi connectivity index (χ1) is 14.2. The first-order valence-electron chi connectivity index (χ1n) is 9.98. The number of rotatable bonds is 6. The van der Waals surface area contributed by atoms with E-state index in [4.69, 9.17) is 4.74 Å². The average molecular weight is 427 g/mol. The number of aryl methyl sites for hydroxylation is 1. The maximum Gasteiger partial charge on any atom is 0.226 e. The van der Waals surface area contributed by atoms with E-state index in [2.05, 4.69) is 22.4 Å². The molecule has 2 heterocycles. The lowest BCUT2D eigenvalue weighted by Crippen LogP contribution is -2.49. The van der Waals surface area contributed by atoms with Crippen LogP contribution in [0.25, 0.3) is 11.1 Å². The summed E-state index contributed by atoms with van der Waals surface area (Å²) in [6.07, 6.45) is 4.02. The quantitative estimate of drug-likeness (QED) is 0.655. The first kappa shape index (κ1) is 21.9. The number of benzene rings is 2. The average Bonchev–Trinajstić information content (AvgIpc) is 3.20. The second-order valence-corrected chi connectivity index (χ2v) is 7.16. The number of piperazine rings is 1. The Bertz CT molecular complexity index is 961. The van der Waals surface area contributed by atoms with Crippen molar-refractivity contribution in [3.63, 3.8) is 0 Å². The van der Waals surface area contributed by atoms with Crippen molar-refractivity contribution in [3.05, 3.63) is 72.8 Å². The molecule has 0 bridgehead atoms. The summed E-state index contributed by atoms with van der Waals surface area (Å²) in [6, 6.07) is 18.0. The second-order valence-electron chi connectivity index (χ2n) is 7.16. The molecule has 1 aliphatic rings. The van der Waals surface area contributed by atoms with Crippen molar-refractivity contribution in [3.8, 4) is 16.9 Å². The Kier molecular flexibility index (Phi) is 7.49. The fraction of sp³-hybridized carbons (Fsp3) is 0.304. The van der Waals surface area contributed by atoms with Gasteiger partial charge in [0, 0.05) is 44.6 Å². The van der Waals surface area contributed by atoms with E-state index in [0.29, 0.717) is 26.1 Å². The van der Waals surface area contributed by atoms with E-state index in [9.17, 15) is 4.79 Å². The minimum absolute atomic E-state index is 0. The maximum atomic E-state index is 12.9. The molecule has 7 heteroatoms. The van der Waals surface area contributed by atoms with E-state index in [1.54, 1.807) is 6.20 Å². The topological polar surface area (TPSA) is 59.4 Å². The fourth-order valence-corrected chi connectivity index (χ4v) is 3.77. The summed E-state index contributed by atoms with van der Waals surface area (Å²) in [5.74, 6) is 1.80. The summed E-state index contributed by atoms with van der Waals surface area (Å²) < 4.78 is 8.00. The van der Waals surface area contributed by atoms with Crippen LogP contribution in [-0.4, -0.2) is 46.6 Å². The molecule has 30 heavy (non-hydrogen) atoms. The maximum absolute atomic E-state index is 12.9. The molecule has 0 radical (unpaired) electrons. The van der Waals surface area contributed by atoms with Crippen LogP contribution in [0.4, 0.5) is 0 Å². The lowest BCUT2D eigenvalue weighted by Gasteiger charge is -2.35. The zero-order valence-electron chi connectivity index (χ0n) is 17.0. The van der Waals surface area contributed by atoms with Crippen LogP contribution in [0, 0.1) is 0 Å². The number of imidazole rings is 1. The van der Waals surface area contributed by atoms with Gasteiger partial charge in [-0.3, -0.25) is 4.79 Å². The number of carbonyl (C=O) groups excluding carboxylic acids is 1. The smallest absolute Gasteiger partial charge is 0.226 e. The van der Waals surface area contributed by atoms with Crippen molar-refractivity contribution in [2.24, 2.45) is 7.05 Å². The minimum Gasteiger partial charge on any atom is -0.492 e.